The summed E-state index contributed by atoms with van der Waals surface area (Å²) >= 11 is 0. The molecular formula is C8H7F3NO-. The number of alkyl halides is 3. The molecule has 0 heterocycles. The predicted octanol–water partition coefficient (Wildman–Crippen LogP) is 2.92. The maximum Gasteiger partial charge on any atom is 0.416 e. The van der Waals surface area contributed by atoms with Gasteiger partial charge in [0.1, 0.15) is 0 Å². The molecule has 0 unspecified atom stereocenters. The lowest BCUT2D eigenvalue weighted by molar-refractivity contribution is -0.137. The van der Waals surface area contributed by atoms with Gasteiger partial charge in [-0.1, -0.05) is 6.07 Å². The summed E-state index contributed by atoms with van der Waals surface area (Å²) in [6.07, 6.45) is -4.40. The van der Waals surface area contributed by atoms with E-state index in [0.29, 0.717) is 5.56 Å². The largest absolute Gasteiger partial charge is 0.761 e. The van der Waals surface area contributed by atoms with Crippen LogP contribution in [0, 0.1) is 12.1 Å². The molecule has 0 saturated heterocycles. The first kappa shape index (κ1) is 9.85. The van der Waals surface area contributed by atoms with Crippen LogP contribution in [-0.2, 0) is 6.18 Å². The molecule has 1 rings (SSSR count). The fourth-order valence-corrected chi connectivity index (χ4v) is 0.908. The molecular weight excluding hydrogens is 183 g/mol. The zero-order valence-electron chi connectivity index (χ0n) is 6.77. The highest BCUT2D eigenvalue weighted by molar-refractivity contribution is 5.53. The Balaban J connectivity index is 3.14. The van der Waals surface area contributed by atoms with Gasteiger partial charge in [-0.2, -0.15) is 13.2 Å². The van der Waals surface area contributed by atoms with Crippen LogP contribution in [0.3, 0.4) is 0 Å². The lowest BCUT2D eigenvalue weighted by Crippen LogP contribution is -2.05. The molecule has 1 aromatic rings. The van der Waals surface area contributed by atoms with E-state index < -0.39 is 11.7 Å². The fraction of sp³-hybridized carbons (Fsp3) is 0.250. The Morgan fingerprint density at radius 1 is 1.31 bits per heavy atom. The Bertz CT molecular complexity index is 309. The molecule has 72 valence electrons. The minimum Gasteiger partial charge on any atom is -0.761 e. The van der Waals surface area contributed by atoms with E-state index >= 15 is 0 Å². The van der Waals surface area contributed by atoms with Gasteiger partial charge in [-0.3, -0.25) is 0 Å². The van der Waals surface area contributed by atoms with Crippen LogP contribution in [0.1, 0.15) is 11.1 Å². The highest BCUT2D eigenvalue weighted by Gasteiger charge is 2.30. The summed E-state index contributed by atoms with van der Waals surface area (Å²) in [5.74, 6) is 0. The van der Waals surface area contributed by atoms with Gasteiger partial charge in [-0.15, -0.1) is 0 Å². The van der Waals surface area contributed by atoms with Crippen molar-refractivity contribution >= 4 is 5.69 Å². The topological polar surface area (TPSA) is 35.1 Å². The third-order valence-electron chi connectivity index (χ3n) is 1.67. The van der Waals surface area contributed by atoms with Crippen LogP contribution in [0.5, 0.6) is 0 Å². The van der Waals surface area contributed by atoms with E-state index in [1.165, 1.54) is 11.5 Å². The number of aryl methyl sites for hydroxylation is 1. The quantitative estimate of drug-likeness (QED) is 0.691. The van der Waals surface area contributed by atoms with E-state index in [4.69, 9.17) is 0 Å². The standard InChI is InChI=1S/C8H7F3NO/c1-5-2-3-6(8(9,10)11)4-7(5)12-13/h2-4,12H,1H3/q-1. The van der Waals surface area contributed by atoms with E-state index in [-0.39, 0.29) is 5.69 Å². The first-order valence-electron chi connectivity index (χ1n) is 3.51. The minimum atomic E-state index is -4.40. The van der Waals surface area contributed by atoms with E-state index in [9.17, 15) is 18.4 Å². The van der Waals surface area contributed by atoms with Gasteiger partial charge in [0.15, 0.2) is 0 Å². The van der Waals surface area contributed by atoms with Crippen molar-refractivity contribution in [1.82, 2.24) is 0 Å². The van der Waals surface area contributed by atoms with Crippen LogP contribution in [0.2, 0.25) is 0 Å². The summed E-state index contributed by atoms with van der Waals surface area (Å²) in [5, 5.41) is 10.2. The number of nitrogens with one attached hydrogen (secondary N) is 1. The van der Waals surface area contributed by atoms with Crippen LogP contribution in [0.15, 0.2) is 18.2 Å². The third kappa shape index (κ3) is 2.12. The Kier molecular flexibility index (Phi) is 2.47. The molecule has 2 nitrogen and oxygen atoms in total. The lowest BCUT2D eigenvalue weighted by Gasteiger charge is -2.15. The first-order chi connectivity index (χ1) is 5.95. The number of rotatable bonds is 1. The van der Waals surface area contributed by atoms with Gasteiger partial charge in [0, 0.05) is 5.69 Å². The second-order valence-corrected chi connectivity index (χ2v) is 2.63. The summed E-state index contributed by atoms with van der Waals surface area (Å²) in [6, 6.07) is 2.99. The maximum atomic E-state index is 12.1. The van der Waals surface area contributed by atoms with Crippen LogP contribution >= 0.6 is 0 Å². The van der Waals surface area contributed by atoms with Crippen LogP contribution in [0.4, 0.5) is 18.9 Å². The highest BCUT2D eigenvalue weighted by atomic mass is 19.4. The van der Waals surface area contributed by atoms with Crippen molar-refractivity contribution in [2.24, 2.45) is 0 Å². The average Bonchev–Trinajstić information content (AvgIpc) is 2.03. The van der Waals surface area contributed by atoms with E-state index in [2.05, 4.69) is 0 Å². The van der Waals surface area contributed by atoms with E-state index in [1.54, 1.807) is 6.92 Å². The molecule has 0 fully saturated rings. The normalized spacial score (nSPS) is 11.5. The zero-order valence-corrected chi connectivity index (χ0v) is 6.77. The molecule has 0 aromatic heterocycles. The molecule has 0 saturated carbocycles. The van der Waals surface area contributed by atoms with Crippen LogP contribution < -0.4 is 5.48 Å². The minimum absolute atomic E-state index is 0.0465. The van der Waals surface area contributed by atoms with Crippen molar-refractivity contribution in [3.05, 3.63) is 34.5 Å². The van der Waals surface area contributed by atoms with Crippen molar-refractivity contribution in [3.63, 3.8) is 0 Å². The van der Waals surface area contributed by atoms with Gasteiger partial charge >= 0.3 is 6.18 Å². The number of hydrogen-bond acceptors (Lipinski definition) is 2. The second-order valence-electron chi connectivity index (χ2n) is 2.63. The number of anilines is 1. The number of benzene rings is 1. The Morgan fingerprint density at radius 3 is 2.38 bits per heavy atom. The molecule has 0 spiro atoms. The Hall–Kier alpha value is -1.23. The van der Waals surface area contributed by atoms with Crippen molar-refractivity contribution < 1.29 is 13.2 Å². The van der Waals surface area contributed by atoms with Gasteiger partial charge in [0.2, 0.25) is 0 Å². The molecule has 1 N–H and O–H groups in total. The molecule has 0 aliphatic rings. The van der Waals surface area contributed by atoms with Crippen molar-refractivity contribution in [2.75, 3.05) is 5.48 Å². The van der Waals surface area contributed by atoms with Crippen molar-refractivity contribution in [2.45, 2.75) is 13.1 Å². The number of hydrogen-bond donors (Lipinski definition) is 1. The lowest BCUT2D eigenvalue weighted by atomic mass is 10.1. The van der Waals surface area contributed by atoms with Crippen LogP contribution in [-0.4, -0.2) is 0 Å². The summed E-state index contributed by atoms with van der Waals surface area (Å²) in [5.41, 5.74) is 1.08. The molecule has 5 heteroatoms. The summed E-state index contributed by atoms with van der Waals surface area (Å²) in [4.78, 5) is 0. The molecule has 0 radical (unpaired) electrons. The molecule has 0 bridgehead atoms. The Morgan fingerprint density at radius 2 is 1.92 bits per heavy atom. The van der Waals surface area contributed by atoms with E-state index in [0.717, 1.165) is 12.1 Å². The Labute approximate surface area is 73.0 Å². The maximum absolute atomic E-state index is 12.1. The second kappa shape index (κ2) is 3.26. The first-order valence-corrected chi connectivity index (χ1v) is 3.51. The van der Waals surface area contributed by atoms with Crippen molar-refractivity contribution in [3.8, 4) is 0 Å². The molecule has 13 heavy (non-hydrogen) atoms. The summed E-state index contributed by atoms with van der Waals surface area (Å²) < 4.78 is 36.3. The third-order valence-corrected chi connectivity index (χ3v) is 1.67. The summed E-state index contributed by atoms with van der Waals surface area (Å²) in [7, 11) is 0. The van der Waals surface area contributed by atoms with Crippen LogP contribution in [0.25, 0.3) is 0 Å². The molecule has 0 aliphatic carbocycles. The van der Waals surface area contributed by atoms with Crippen molar-refractivity contribution in [1.29, 1.82) is 0 Å². The zero-order chi connectivity index (χ0) is 10.1. The summed E-state index contributed by atoms with van der Waals surface area (Å²) in [6.45, 7) is 1.56. The average molecular weight is 190 g/mol. The van der Waals surface area contributed by atoms with Gasteiger partial charge < -0.3 is 10.7 Å². The van der Waals surface area contributed by atoms with E-state index in [1.807, 2.05) is 0 Å². The smallest absolute Gasteiger partial charge is 0.416 e. The van der Waals surface area contributed by atoms with Gasteiger partial charge in [-0.05, 0) is 24.6 Å². The molecule has 0 amide bonds. The predicted molar refractivity (Wildman–Crippen MR) is 43.2 cm³/mol. The highest BCUT2D eigenvalue weighted by Crippen LogP contribution is 2.31. The van der Waals surface area contributed by atoms with Gasteiger partial charge in [0.05, 0.1) is 5.56 Å². The SMILES string of the molecule is Cc1ccc(C(F)(F)F)cc1N[O-]. The molecule has 1 aromatic carbocycles. The fourth-order valence-electron chi connectivity index (χ4n) is 0.908. The van der Waals surface area contributed by atoms with Gasteiger partial charge in [0.25, 0.3) is 0 Å². The van der Waals surface area contributed by atoms with Gasteiger partial charge in [-0.25, -0.2) is 0 Å². The molecule has 0 aliphatic heterocycles. The number of halogens is 3. The molecule has 0 atom stereocenters. The monoisotopic (exact) mass is 190 g/mol.